The molecule has 2 unspecified atom stereocenters. The topological polar surface area (TPSA) is 74.0 Å². The molecule has 0 aromatic carbocycles. The van der Waals surface area contributed by atoms with Gasteiger partial charge in [-0.3, -0.25) is 0 Å². The van der Waals surface area contributed by atoms with Gasteiger partial charge in [0.25, 0.3) is 0 Å². The highest BCUT2D eigenvalue weighted by molar-refractivity contribution is 7.89. The normalized spacial score (nSPS) is 23.0. The number of hydrogen-bond acceptors (Lipinski definition) is 3. The van der Waals surface area contributed by atoms with Crippen molar-refractivity contribution in [2.24, 2.45) is 11.8 Å². The molecule has 0 amide bonds. The first-order chi connectivity index (χ1) is 9.87. The van der Waals surface area contributed by atoms with Crippen molar-refractivity contribution in [1.29, 1.82) is 0 Å². The first-order valence-corrected chi connectivity index (χ1v) is 9.25. The van der Waals surface area contributed by atoms with E-state index in [9.17, 15) is 8.42 Å². The molecule has 0 saturated heterocycles. The van der Waals surface area contributed by atoms with Crippen molar-refractivity contribution in [3.05, 3.63) is 18.0 Å². The molecule has 3 N–H and O–H groups in total. The SMILES string of the molecule is CC1CCC(CNS(=O)(=O)c2c[nH]c(CNC(C)C)c2)C1. The van der Waals surface area contributed by atoms with Gasteiger partial charge in [0.15, 0.2) is 0 Å². The average Bonchev–Trinajstić information content (AvgIpc) is 3.03. The molecule has 1 aromatic rings. The Hall–Kier alpha value is -0.850. The van der Waals surface area contributed by atoms with Crippen LogP contribution < -0.4 is 10.0 Å². The van der Waals surface area contributed by atoms with Crippen molar-refractivity contribution in [3.63, 3.8) is 0 Å². The Bertz CT molecular complexity index is 551. The van der Waals surface area contributed by atoms with E-state index in [1.54, 1.807) is 12.3 Å². The summed E-state index contributed by atoms with van der Waals surface area (Å²) in [7, 11) is -3.39. The summed E-state index contributed by atoms with van der Waals surface area (Å²) in [6, 6.07) is 2.07. The monoisotopic (exact) mass is 313 g/mol. The molecule has 120 valence electrons. The Balaban J connectivity index is 1.90. The smallest absolute Gasteiger partial charge is 0.242 e. The van der Waals surface area contributed by atoms with Gasteiger partial charge in [-0.25, -0.2) is 13.1 Å². The number of nitrogens with one attached hydrogen (secondary N) is 3. The van der Waals surface area contributed by atoms with Gasteiger partial charge in [-0.2, -0.15) is 0 Å². The third-order valence-electron chi connectivity index (χ3n) is 4.09. The first kappa shape index (κ1) is 16.5. The predicted octanol–water partition coefficient (Wildman–Crippen LogP) is 2.23. The average molecular weight is 313 g/mol. The maximum Gasteiger partial charge on any atom is 0.242 e. The van der Waals surface area contributed by atoms with Crippen LogP contribution in [-0.4, -0.2) is 26.0 Å². The second-order valence-electron chi connectivity index (χ2n) is 6.53. The number of sulfonamides is 1. The highest BCUT2D eigenvalue weighted by Crippen LogP contribution is 2.29. The first-order valence-electron chi connectivity index (χ1n) is 7.77. The molecule has 1 fully saturated rings. The maximum atomic E-state index is 12.3. The summed E-state index contributed by atoms with van der Waals surface area (Å²) in [5.74, 6) is 1.20. The Morgan fingerprint density at radius 2 is 2.14 bits per heavy atom. The predicted molar refractivity (Wildman–Crippen MR) is 84.5 cm³/mol. The molecule has 5 nitrogen and oxygen atoms in total. The lowest BCUT2D eigenvalue weighted by Crippen LogP contribution is -2.28. The zero-order valence-corrected chi connectivity index (χ0v) is 14.0. The summed E-state index contributed by atoms with van der Waals surface area (Å²) in [4.78, 5) is 3.35. The number of rotatable bonds is 7. The van der Waals surface area contributed by atoms with Gasteiger partial charge in [-0.05, 0) is 30.7 Å². The molecular formula is C15H27N3O2S. The van der Waals surface area contributed by atoms with Crippen LogP contribution in [0.2, 0.25) is 0 Å². The van der Waals surface area contributed by atoms with Crippen LogP contribution in [0, 0.1) is 11.8 Å². The van der Waals surface area contributed by atoms with E-state index in [1.165, 1.54) is 6.42 Å². The Morgan fingerprint density at radius 3 is 2.76 bits per heavy atom. The van der Waals surface area contributed by atoms with E-state index >= 15 is 0 Å². The molecule has 2 rings (SSSR count). The van der Waals surface area contributed by atoms with Crippen LogP contribution in [0.4, 0.5) is 0 Å². The van der Waals surface area contributed by atoms with Gasteiger partial charge in [-0.15, -0.1) is 0 Å². The van der Waals surface area contributed by atoms with Gasteiger partial charge < -0.3 is 10.3 Å². The van der Waals surface area contributed by atoms with Crippen LogP contribution in [0.5, 0.6) is 0 Å². The van der Waals surface area contributed by atoms with Crippen LogP contribution in [-0.2, 0) is 16.6 Å². The van der Waals surface area contributed by atoms with Crippen molar-refractivity contribution in [2.45, 2.75) is 57.5 Å². The zero-order chi connectivity index (χ0) is 15.5. The maximum absolute atomic E-state index is 12.3. The molecule has 0 spiro atoms. The summed E-state index contributed by atoms with van der Waals surface area (Å²) in [5.41, 5.74) is 0.888. The molecule has 0 bridgehead atoms. The summed E-state index contributed by atoms with van der Waals surface area (Å²) in [6.07, 6.45) is 5.03. The Morgan fingerprint density at radius 1 is 1.38 bits per heavy atom. The van der Waals surface area contributed by atoms with Gasteiger partial charge in [0.1, 0.15) is 0 Å². The molecule has 1 heterocycles. The minimum absolute atomic E-state index is 0.328. The van der Waals surface area contributed by atoms with E-state index in [0.29, 0.717) is 29.9 Å². The Kier molecular flexibility index (Phi) is 5.46. The summed E-state index contributed by atoms with van der Waals surface area (Å²) in [5, 5.41) is 3.26. The summed E-state index contributed by atoms with van der Waals surface area (Å²) in [6.45, 7) is 7.55. The van der Waals surface area contributed by atoms with Crippen molar-refractivity contribution >= 4 is 10.0 Å². The lowest BCUT2D eigenvalue weighted by atomic mass is 10.1. The molecule has 6 heteroatoms. The number of aromatic nitrogens is 1. The molecule has 21 heavy (non-hydrogen) atoms. The zero-order valence-electron chi connectivity index (χ0n) is 13.1. The fraction of sp³-hybridized carbons (Fsp3) is 0.733. The fourth-order valence-electron chi connectivity index (χ4n) is 2.81. The van der Waals surface area contributed by atoms with E-state index in [4.69, 9.17) is 0 Å². The van der Waals surface area contributed by atoms with Crippen molar-refractivity contribution in [3.8, 4) is 0 Å². The second kappa shape index (κ2) is 6.94. The molecule has 1 saturated carbocycles. The largest absolute Gasteiger partial charge is 0.363 e. The molecular weight excluding hydrogens is 286 g/mol. The van der Waals surface area contributed by atoms with E-state index < -0.39 is 10.0 Å². The highest BCUT2D eigenvalue weighted by atomic mass is 32.2. The van der Waals surface area contributed by atoms with Crippen LogP contribution in [0.25, 0.3) is 0 Å². The van der Waals surface area contributed by atoms with Gasteiger partial charge in [0.05, 0.1) is 4.90 Å². The number of H-pyrrole nitrogens is 1. The molecule has 0 radical (unpaired) electrons. The third kappa shape index (κ3) is 4.83. The third-order valence-corrected chi connectivity index (χ3v) is 5.50. The van der Waals surface area contributed by atoms with Crippen LogP contribution in [0.3, 0.4) is 0 Å². The van der Waals surface area contributed by atoms with Crippen molar-refractivity contribution in [2.75, 3.05) is 6.54 Å². The van der Waals surface area contributed by atoms with Gasteiger partial charge >= 0.3 is 0 Å². The lowest BCUT2D eigenvalue weighted by Gasteiger charge is -2.10. The standard InChI is InChI=1S/C15H27N3O2S/c1-11(2)16-9-14-7-15(10-17-14)21(19,20)18-8-13-5-4-12(3)6-13/h7,10-13,16-18H,4-6,8-9H2,1-3H3. The van der Waals surface area contributed by atoms with Crippen LogP contribution in [0.15, 0.2) is 17.2 Å². The number of hydrogen-bond donors (Lipinski definition) is 3. The van der Waals surface area contributed by atoms with E-state index in [0.717, 1.165) is 24.5 Å². The Labute approximate surface area is 128 Å². The minimum Gasteiger partial charge on any atom is -0.363 e. The summed E-state index contributed by atoms with van der Waals surface area (Å²) >= 11 is 0. The van der Waals surface area contributed by atoms with Crippen LogP contribution in [0.1, 0.15) is 45.7 Å². The van der Waals surface area contributed by atoms with Crippen LogP contribution >= 0.6 is 0 Å². The van der Waals surface area contributed by atoms with Crippen molar-refractivity contribution < 1.29 is 8.42 Å². The van der Waals surface area contributed by atoms with E-state index in [-0.39, 0.29) is 0 Å². The molecule has 1 aliphatic rings. The van der Waals surface area contributed by atoms with E-state index in [1.807, 2.05) is 0 Å². The van der Waals surface area contributed by atoms with E-state index in [2.05, 4.69) is 35.8 Å². The number of aromatic amines is 1. The molecule has 0 aliphatic heterocycles. The minimum atomic E-state index is -3.39. The molecule has 1 aliphatic carbocycles. The lowest BCUT2D eigenvalue weighted by molar-refractivity contribution is 0.498. The molecule has 1 aromatic heterocycles. The molecule has 2 atom stereocenters. The fourth-order valence-corrected chi connectivity index (χ4v) is 3.94. The van der Waals surface area contributed by atoms with Gasteiger partial charge in [0.2, 0.25) is 10.0 Å². The van der Waals surface area contributed by atoms with Crippen molar-refractivity contribution in [1.82, 2.24) is 15.0 Å². The summed E-state index contributed by atoms with van der Waals surface area (Å²) < 4.78 is 27.3. The highest BCUT2D eigenvalue weighted by Gasteiger charge is 2.24. The van der Waals surface area contributed by atoms with Gasteiger partial charge in [-0.1, -0.05) is 27.2 Å². The second-order valence-corrected chi connectivity index (χ2v) is 8.30. The van der Waals surface area contributed by atoms with Gasteiger partial charge in [0, 0.05) is 31.0 Å². The quantitative estimate of drug-likeness (QED) is 0.722.